The maximum Gasteiger partial charge on any atom is 0.231 e. The zero-order chi connectivity index (χ0) is 14.9. The molecule has 3 heterocycles. The van der Waals surface area contributed by atoms with E-state index in [1.807, 2.05) is 12.1 Å². The molecule has 0 radical (unpaired) electrons. The summed E-state index contributed by atoms with van der Waals surface area (Å²) in [6.07, 6.45) is 0. The molecule has 0 aliphatic carbocycles. The van der Waals surface area contributed by atoms with Crippen LogP contribution in [0, 0.1) is 0 Å². The molecule has 7 heteroatoms. The highest BCUT2D eigenvalue weighted by atomic mass is 16.7. The molecule has 1 aromatic heterocycles. The summed E-state index contributed by atoms with van der Waals surface area (Å²) in [5.74, 6) is 2.51. The smallest absolute Gasteiger partial charge is 0.231 e. The van der Waals surface area contributed by atoms with Crippen LogP contribution >= 0.6 is 0 Å². The van der Waals surface area contributed by atoms with Crippen LogP contribution in [0.1, 0.15) is 5.82 Å². The van der Waals surface area contributed by atoms with Gasteiger partial charge in [0.15, 0.2) is 11.5 Å². The first-order chi connectivity index (χ1) is 10.8. The van der Waals surface area contributed by atoms with Crippen LogP contribution in [0.4, 0.5) is 0 Å². The molecule has 7 nitrogen and oxygen atoms in total. The molecule has 0 amide bonds. The summed E-state index contributed by atoms with van der Waals surface area (Å²) < 4.78 is 10.8. The molecule has 1 aromatic carbocycles. The first kappa shape index (κ1) is 13.8. The molecule has 1 saturated heterocycles. The van der Waals surface area contributed by atoms with Crippen molar-refractivity contribution in [1.82, 2.24) is 19.8 Å². The highest BCUT2D eigenvalue weighted by Crippen LogP contribution is 2.35. The van der Waals surface area contributed by atoms with Gasteiger partial charge in [-0.3, -0.25) is 9.80 Å². The molecule has 2 aliphatic rings. The van der Waals surface area contributed by atoms with Crippen LogP contribution in [-0.2, 0) is 6.54 Å². The highest BCUT2D eigenvalue weighted by Gasteiger charge is 2.19. The Hall–Kier alpha value is -1.83. The minimum absolute atomic E-state index is 0.235. The van der Waals surface area contributed by atoms with E-state index >= 15 is 0 Å². The molecule has 0 unspecified atom stereocenters. The largest absolute Gasteiger partial charge is 0.454 e. The number of rotatable bonds is 4. The first-order valence-electron chi connectivity index (χ1n) is 7.65. The number of aromatic amines is 1. The molecule has 1 fully saturated rings. The Labute approximate surface area is 128 Å². The lowest BCUT2D eigenvalue weighted by molar-refractivity contribution is 0.107. The van der Waals surface area contributed by atoms with Gasteiger partial charge in [0.25, 0.3) is 0 Å². The van der Waals surface area contributed by atoms with Crippen molar-refractivity contribution in [2.45, 2.75) is 6.54 Å². The van der Waals surface area contributed by atoms with Gasteiger partial charge in [-0.25, -0.2) is 4.98 Å². The van der Waals surface area contributed by atoms with Crippen LogP contribution in [0.3, 0.4) is 0 Å². The maximum atomic E-state index is 8.98. The molecule has 22 heavy (non-hydrogen) atoms. The number of hydrogen-bond acceptors (Lipinski definition) is 6. The van der Waals surface area contributed by atoms with E-state index in [4.69, 9.17) is 14.6 Å². The van der Waals surface area contributed by atoms with Gasteiger partial charge in [0, 0.05) is 44.9 Å². The SMILES string of the molecule is OCCN1CCN(Cc2nc3cc4c(cc3[nH]2)OCO4)CC1. The molecule has 2 aromatic rings. The summed E-state index contributed by atoms with van der Waals surface area (Å²) in [6.45, 7) is 6.09. The quantitative estimate of drug-likeness (QED) is 0.852. The van der Waals surface area contributed by atoms with Gasteiger partial charge in [-0.05, 0) is 0 Å². The number of fused-ring (bicyclic) bond motifs is 2. The average molecular weight is 304 g/mol. The van der Waals surface area contributed by atoms with Crippen molar-refractivity contribution in [1.29, 1.82) is 0 Å². The van der Waals surface area contributed by atoms with Crippen molar-refractivity contribution in [2.24, 2.45) is 0 Å². The number of benzene rings is 1. The minimum Gasteiger partial charge on any atom is -0.454 e. The third-order valence-electron chi connectivity index (χ3n) is 4.28. The van der Waals surface area contributed by atoms with Gasteiger partial charge in [-0.1, -0.05) is 0 Å². The fourth-order valence-electron chi connectivity index (χ4n) is 3.05. The average Bonchev–Trinajstić information content (AvgIpc) is 3.12. The Kier molecular flexibility index (Phi) is 3.61. The monoisotopic (exact) mass is 304 g/mol. The molecule has 0 saturated carbocycles. The normalized spacial score (nSPS) is 19.1. The minimum atomic E-state index is 0.235. The molecule has 2 aliphatic heterocycles. The van der Waals surface area contributed by atoms with Crippen molar-refractivity contribution in [3.8, 4) is 11.5 Å². The van der Waals surface area contributed by atoms with Crippen molar-refractivity contribution >= 4 is 11.0 Å². The van der Waals surface area contributed by atoms with E-state index in [1.54, 1.807) is 0 Å². The number of aliphatic hydroxyl groups is 1. The van der Waals surface area contributed by atoms with Gasteiger partial charge in [0.1, 0.15) is 5.82 Å². The zero-order valence-electron chi connectivity index (χ0n) is 12.4. The number of aromatic nitrogens is 2. The lowest BCUT2D eigenvalue weighted by atomic mass is 10.3. The number of nitrogens with zero attached hydrogens (tertiary/aromatic N) is 3. The topological polar surface area (TPSA) is 73.9 Å². The van der Waals surface area contributed by atoms with Gasteiger partial charge in [0.05, 0.1) is 24.2 Å². The van der Waals surface area contributed by atoms with Gasteiger partial charge < -0.3 is 19.6 Å². The van der Waals surface area contributed by atoms with Gasteiger partial charge in [-0.2, -0.15) is 0 Å². The molecular formula is C15H20N4O3. The lowest BCUT2D eigenvalue weighted by Crippen LogP contribution is -2.46. The molecule has 4 rings (SSSR count). The predicted octanol–water partition coefficient (Wildman–Crippen LogP) is 0.401. The Morgan fingerprint density at radius 3 is 2.59 bits per heavy atom. The molecule has 2 N–H and O–H groups in total. The predicted molar refractivity (Wildman–Crippen MR) is 81.0 cm³/mol. The van der Waals surface area contributed by atoms with Crippen molar-refractivity contribution in [2.75, 3.05) is 46.1 Å². The van der Waals surface area contributed by atoms with Crippen LogP contribution in [0.15, 0.2) is 12.1 Å². The van der Waals surface area contributed by atoms with Crippen LogP contribution in [0.5, 0.6) is 11.5 Å². The number of β-amino-alcohol motifs (C(OH)–C–C–N with tert-alkyl or cyclic N) is 1. The van der Waals surface area contributed by atoms with Crippen molar-refractivity contribution in [3.05, 3.63) is 18.0 Å². The van der Waals surface area contributed by atoms with Crippen molar-refractivity contribution in [3.63, 3.8) is 0 Å². The van der Waals surface area contributed by atoms with E-state index in [0.29, 0.717) is 0 Å². The van der Waals surface area contributed by atoms with E-state index in [1.165, 1.54) is 0 Å². The Bertz CT molecular complexity index is 623. The zero-order valence-corrected chi connectivity index (χ0v) is 12.4. The summed E-state index contributed by atoms with van der Waals surface area (Å²) in [5, 5.41) is 8.98. The van der Waals surface area contributed by atoms with Crippen LogP contribution < -0.4 is 9.47 Å². The van der Waals surface area contributed by atoms with Crippen LogP contribution in [-0.4, -0.2) is 71.0 Å². The van der Waals surface area contributed by atoms with E-state index < -0.39 is 0 Å². The summed E-state index contributed by atoms with van der Waals surface area (Å²) >= 11 is 0. The fourth-order valence-corrected chi connectivity index (χ4v) is 3.05. The number of hydrogen-bond donors (Lipinski definition) is 2. The van der Waals surface area contributed by atoms with Crippen LogP contribution in [0.25, 0.3) is 11.0 Å². The standard InChI is InChI=1S/C15H20N4O3/c20-6-5-18-1-3-19(4-2-18)9-15-16-11-7-13-14(22-10-21-13)8-12(11)17-15/h7-8,20H,1-6,9-10H2,(H,16,17). The third-order valence-corrected chi connectivity index (χ3v) is 4.28. The van der Waals surface area contributed by atoms with Crippen molar-refractivity contribution < 1.29 is 14.6 Å². The second-order valence-corrected chi connectivity index (χ2v) is 5.75. The fraction of sp³-hybridized carbons (Fsp3) is 0.533. The number of piperazine rings is 1. The number of nitrogens with one attached hydrogen (secondary N) is 1. The Morgan fingerprint density at radius 2 is 1.82 bits per heavy atom. The Morgan fingerprint density at radius 1 is 1.09 bits per heavy atom. The number of aliphatic hydroxyl groups excluding tert-OH is 1. The van der Waals surface area contributed by atoms with Gasteiger partial charge in [-0.15, -0.1) is 0 Å². The van der Waals surface area contributed by atoms with Gasteiger partial charge in [0.2, 0.25) is 6.79 Å². The molecule has 0 atom stereocenters. The third kappa shape index (κ3) is 2.63. The lowest BCUT2D eigenvalue weighted by Gasteiger charge is -2.33. The second kappa shape index (κ2) is 5.75. The summed E-state index contributed by atoms with van der Waals surface area (Å²) in [6, 6.07) is 3.88. The first-order valence-corrected chi connectivity index (χ1v) is 7.65. The van der Waals surface area contributed by atoms with Gasteiger partial charge >= 0.3 is 0 Å². The van der Waals surface area contributed by atoms with E-state index in [-0.39, 0.29) is 13.4 Å². The summed E-state index contributed by atoms with van der Waals surface area (Å²) in [4.78, 5) is 12.7. The number of H-pyrrole nitrogens is 1. The van der Waals surface area contributed by atoms with E-state index in [0.717, 1.165) is 67.6 Å². The molecule has 0 spiro atoms. The molecule has 0 bridgehead atoms. The summed E-state index contributed by atoms with van der Waals surface area (Å²) in [5.41, 5.74) is 1.90. The number of imidazole rings is 1. The number of ether oxygens (including phenoxy) is 2. The molecular weight excluding hydrogens is 284 g/mol. The maximum absolute atomic E-state index is 8.98. The van der Waals surface area contributed by atoms with E-state index in [2.05, 4.69) is 19.8 Å². The highest BCUT2D eigenvalue weighted by molar-refractivity contribution is 5.80. The second-order valence-electron chi connectivity index (χ2n) is 5.75. The summed E-state index contributed by atoms with van der Waals surface area (Å²) in [7, 11) is 0. The molecule has 118 valence electrons. The van der Waals surface area contributed by atoms with E-state index in [9.17, 15) is 0 Å². The Balaban J connectivity index is 1.44. The van der Waals surface area contributed by atoms with Crippen LogP contribution in [0.2, 0.25) is 0 Å².